The van der Waals surface area contributed by atoms with Crippen molar-refractivity contribution in [2.24, 2.45) is 7.05 Å². The first-order valence-electron chi connectivity index (χ1n) is 7.15. The lowest BCUT2D eigenvalue weighted by Gasteiger charge is -2.07. The Morgan fingerprint density at radius 1 is 1.17 bits per heavy atom. The van der Waals surface area contributed by atoms with E-state index in [-0.39, 0.29) is 5.56 Å². The number of pyridine rings is 2. The van der Waals surface area contributed by atoms with Gasteiger partial charge in [0.1, 0.15) is 11.0 Å². The number of aryl methyl sites for hydroxylation is 1. The standard InChI is InChI=1S/C17H11ClN4O2/c1-22-14-8-19-15-11(17(23)24)6-13(9-2-4-10(18)5-3-9)21-16(15)12(14)7-20-22/h2-8H,1H3,(H,23,24). The second kappa shape index (κ2) is 5.28. The molecule has 0 saturated carbocycles. The average molecular weight is 339 g/mol. The molecular formula is C17H11ClN4O2. The highest BCUT2D eigenvalue weighted by Crippen LogP contribution is 2.29. The summed E-state index contributed by atoms with van der Waals surface area (Å²) in [5.41, 5.74) is 3.10. The normalized spacial score (nSPS) is 11.2. The summed E-state index contributed by atoms with van der Waals surface area (Å²) in [6.07, 6.45) is 3.28. The number of halogens is 1. The van der Waals surface area contributed by atoms with E-state index in [2.05, 4.69) is 15.1 Å². The fraction of sp³-hybridized carbons (Fsp3) is 0.0588. The summed E-state index contributed by atoms with van der Waals surface area (Å²) in [5.74, 6) is -1.05. The second-order valence-electron chi connectivity index (χ2n) is 5.39. The van der Waals surface area contributed by atoms with Crippen LogP contribution in [-0.2, 0) is 7.05 Å². The molecule has 0 amide bonds. The molecule has 6 nitrogen and oxygen atoms in total. The fourth-order valence-corrected chi connectivity index (χ4v) is 2.82. The maximum absolute atomic E-state index is 11.7. The molecule has 0 bridgehead atoms. The van der Waals surface area contributed by atoms with Crippen molar-refractivity contribution in [3.63, 3.8) is 0 Å². The molecule has 118 valence electrons. The van der Waals surface area contributed by atoms with Crippen molar-refractivity contribution in [1.29, 1.82) is 0 Å². The Morgan fingerprint density at radius 3 is 2.62 bits per heavy atom. The lowest BCUT2D eigenvalue weighted by atomic mass is 10.1. The largest absolute Gasteiger partial charge is 0.478 e. The van der Waals surface area contributed by atoms with E-state index in [0.29, 0.717) is 21.7 Å². The van der Waals surface area contributed by atoms with Gasteiger partial charge < -0.3 is 5.11 Å². The summed E-state index contributed by atoms with van der Waals surface area (Å²) in [4.78, 5) is 20.6. The van der Waals surface area contributed by atoms with E-state index in [1.54, 1.807) is 48.4 Å². The maximum atomic E-state index is 11.7. The van der Waals surface area contributed by atoms with Gasteiger partial charge in [-0.2, -0.15) is 5.10 Å². The number of carboxylic acid groups (broad SMARTS) is 1. The second-order valence-corrected chi connectivity index (χ2v) is 5.83. The molecule has 0 aliphatic rings. The number of aromatic nitrogens is 4. The molecule has 3 heterocycles. The van der Waals surface area contributed by atoms with E-state index in [4.69, 9.17) is 11.6 Å². The van der Waals surface area contributed by atoms with Crippen LogP contribution in [-0.4, -0.2) is 30.8 Å². The molecule has 0 radical (unpaired) electrons. The smallest absolute Gasteiger partial charge is 0.338 e. The number of carbonyl (C=O) groups is 1. The Kier molecular flexibility index (Phi) is 3.21. The molecule has 24 heavy (non-hydrogen) atoms. The number of benzene rings is 1. The summed E-state index contributed by atoms with van der Waals surface area (Å²) in [7, 11) is 1.80. The zero-order valence-corrected chi connectivity index (χ0v) is 13.3. The third kappa shape index (κ3) is 2.19. The third-order valence-electron chi connectivity index (χ3n) is 3.92. The van der Waals surface area contributed by atoms with Crippen molar-refractivity contribution in [1.82, 2.24) is 19.7 Å². The number of fused-ring (bicyclic) bond motifs is 3. The highest BCUT2D eigenvalue weighted by Gasteiger charge is 2.17. The van der Waals surface area contributed by atoms with Gasteiger partial charge in [0.25, 0.3) is 0 Å². The van der Waals surface area contributed by atoms with Crippen molar-refractivity contribution in [3.05, 3.63) is 53.3 Å². The molecule has 1 N–H and O–H groups in total. The topological polar surface area (TPSA) is 80.9 Å². The van der Waals surface area contributed by atoms with Crippen molar-refractivity contribution < 1.29 is 9.90 Å². The molecule has 4 aromatic rings. The molecular weight excluding hydrogens is 328 g/mol. The summed E-state index contributed by atoms with van der Waals surface area (Å²) in [5, 5.41) is 15.1. The van der Waals surface area contributed by atoms with Gasteiger partial charge in [-0.05, 0) is 18.2 Å². The number of hydrogen-bond acceptors (Lipinski definition) is 4. The van der Waals surface area contributed by atoms with Crippen LogP contribution in [0.3, 0.4) is 0 Å². The molecule has 0 saturated heterocycles. The molecule has 0 spiro atoms. The molecule has 0 aliphatic heterocycles. The highest BCUT2D eigenvalue weighted by atomic mass is 35.5. The van der Waals surface area contributed by atoms with Gasteiger partial charge in [-0.25, -0.2) is 9.78 Å². The minimum atomic E-state index is -1.05. The van der Waals surface area contributed by atoms with Gasteiger partial charge >= 0.3 is 5.97 Å². The molecule has 0 aliphatic carbocycles. The fourth-order valence-electron chi connectivity index (χ4n) is 2.70. The Morgan fingerprint density at radius 2 is 1.92 bits per heavy atom. The number of aromatic carboxylic acids is 1. The number of carboxylic acids is 1. The quantitative estimate of drug-likeness (QED) is 0.604. The Balaban J connectivity index is 2.10. The van der Waals surface area contributed by atoms with Gasteiger partial charge in [0, 0.05) is 23.0 Å². The Bertz CT molecular complexity index is 1100. The first kappa shape index (κ1) is 14.6. The van der Waals surface area contributed by atoms with Crippen molar-refractivity contribution in [2.75, 3.05) is 0 Å². The monoisotopic (exact) mass is 338 g/mol. The zero-order chi connectivity index (χ0) is 16.8. The van der Waals surface area contributed by atoms with E-state index >= 15 is 0 Å². The molecule has 4 rings (SSSR count). The van der Waals surface area contributed by atoms with Crippen molar-refractivity contribution in [3.8, 4) is 11.3 Å². The molecule has 0 atom stereocenters. The van der Waals surface area contributed by atoms with Crippen LogP contribution in [0.25, 0.3) is 33.2 Å². The lowest BCUT2D eigenvalue weighted by molar-refractivity contribution is 0.0699. The van der Waals surface area contributed by atoms with Gasteiger partial charge in [-0.1, -0.05) is 23.7 Å². The zero-order valence-electron chi connectivity index (χ0n) is 12.6. The minimum absolute atomic E-state index is 0.107. The minimum Gasteiger partial charge on any atom is -0.478 e. The van der Waals surface area contributed by atoms with Crippen LogP contribution in [0.1, 0.15) is 10.4 Å². The molecule has 0 fully saturated rings. The Hall–Kier alpha value is -2.99. The van der Waals surface area contributed by atoms with Gasteiger partial charge in [-0.15, -0.1) is 0 Å². The summed E-state index contributed by atoms with van der Waals surface area (Å²) < 4.78 is 1.68. The van der Waals surface area contributed by atoms with E-state index in [1.165, 1.54) is 6.07 Å². The lowest BCUT2D eigenvalue weighted by Crippen LogP contribution is -2.02. The first-order chi connectivity index (χ1) is 11.5. The molecule has 7 heteroatoms. The summed E-state index contributed by atoms with van der Waals surface area (Å²) >= 11 is 5.92. The van der Waals surface area contributed by atoms with Crippen LogP contribution in [0.2, 0.25) is 5.02 Å². The van der Waals surface area contributed by atoms with E-state index < -0.39 is 5.97 Å². The predicted octanol–water partition coefficient (Wildman–Crippen LogP) is 3.54. The molecule has 0 unspecified atom stereocenters. The SMILES string of the molecule is Cn1ncc2c3nc(-c4ccc(Cl)cc4)cc(C(=O)O)c3ncc21. The number of nitrogens with zero attached hydrogens (tertiary/aromatic N) is 4. The average Bonchev–Trinajstić information content (AvgIpc) is 2.96. The van der Waals surface area contributed by atoms with E-state index in [9.17, 15) is 9.90 Å². The van der Waals surface area contributed by atoms with Crippen molar-refractivity contribution in [2.45, 2.75) is 0 Å². The predicted molar refractivity (Wildman–Crippen MR) is 91.2 cm³/mol. The van der Waals surface area contributed by atoms with Gasteiger partial charge in [0.2, 0.25) is 0 Å². The number of rotatable bonds is 2. The van der Waals surface area contributed by atoms with E-state index in [0.717, 1.165) is 16.5 Å². The van der Waals surface area contributed by atoms with Crippen LogP contribution in [0.4, 0.5) is 0 Å². The summed E-state index contributed by atoms with van der Waals surface area (Å²) in [6, 6.07) is 8.62. The third-order valence-corrected chi connectivity index (χ3v) is 4.17. The molecule has 1 aromatic carbocycles. The molecule has 3 aromatic heterocycles. The summed E-state index contributed by atoms with van der Waals surface area (Å²) in [6.45, 7) is 0. The van der Waals surface area contributed by atoms with Gasteiger partial charge in [0.15, 0.2) is 0 Å². The van der Waals surface area contributed by atoms with Crippen LogP contribution in [0, 0.1) is 0 Å². The first-order valence-corrected chi connectivity index (χ1v) is 7.53. The maximum Gasteiger partial charge on any atom is 0.338 e. The van der Waals surface area contributed by atoms with Gasteiger partial charge in [-0.3, -0.25) is 9.67 Å². The highest BCUT2D eigenvalue weighted by molar-refractivity contribution is 6.30. The van der Waals surface area contributed by atoms with Crippen LogP contribution in [0.15, 0.2) is 42.7 Å². The van der Waals surface area contributed by atoms with Gasteiger partial charge in [0.05, 0.1) is 29.2 Å². The Labute approximate surface area is 141 Å². The van der Waals surface area contributed by atoms with Crippen LogP contribution >= 0.6 is 11.6 Å². The number of hydrogen-bond donors (Lipinski definition) is 1. The van der Waals surface area contributed by atoms with E-state index in [1.807, 2.05) is 0 Å². The van der Waals surface area contributed by atoms with Crippen molar-refractivity contribution >= 4 is 39.5 Å². The van der Waals surface area contributed by atoms with Crippen LogP contribution < -0.4 is 0 Å². The van der Waals surface area contributed by atoms with Crippen LogP contribution in [0.5, 0.6) is 0 Å².